The molecule has 0 bridgehead atoms. The van der Waals surface area contributed by atoms with Gasteiger partial charge in [0.1, 0.15) is 5.69 Å². The van der Waals surface area contributed by atoms with E-state index in [0.717, 1.165) is 24.8 Å². The van der Waals surface area contributed by atoms with Gasteiger partial charge in [-0.2, -0.15) is 0 Å². The Kier molecular flexibility index (Phi) is 7.49. The van der Waals surface area contributed by atoms with Crippen molar-refractivity contribution in [2.24, 2.45) is 11.8 Å². The predicted molar refractivity (Wildman–Crippen MR) is 109 cm³/mol. The maximum absolute atomic E-state index is 13.0. The second-order valence-corrected chi connectivity index (χ2v) is 7.67. The van der Waals surface area contributed by atoms with Gasteiger partial charge in [-0.15, -0.1) is 0 Å². The Morgan fingerprint density at radius 1 is 1.17 bits per heavy atom. The van der Waals surface area contributed by atoms with Crippen LogP contribution in [0.1, 0.15) is 48.2 Å². The molecule has 0 spiro atoms. The zero-order valence-corrected chi connectivity index (χ0v) is 16.3. The highest BCUT2D eigenvalue weighted by Crippen LogP contribution is 2.30. The zero-order valence-electron chi connectivity index (χ0n) is 16.3. The Balaban J connectivity index is 1.71. The lowest BCUT2D eigenvalue weighted by molar-refractivity contribution is -0.125. The van der Waals surface area contributed by atoms with E-state index in [0.29, 0.717) is 18.8 Å². The summed E-state index contributed by atoms with van der Waals surface area (Å²) in [5.41, 5.74) is 1.14. The number of hydrogen-bond acceptors (Lipinski definition) is 6. The molecule has 0 saturated heterocycles. The van der Waals surface area contributed by atoms with E-state index in [2.05, 4.69) is 15.3 Å². The number of carbonyl (C=O) groups excluding carboxylic acids is 2. The molecule has 29 heavy (non-hydrogen) atoms. The second kappa shape index (κ2) is 10.3. The molecule has 1 aliphatic rings. The van der Waals surface area contributed by atoms with Crippen LogP contribution in [0, 0.1) is 11.8 Å². The van der Waals surface area contributed by atoms with E-state index in [4.69, 9.17) is 0 Å². The number of amides is 1. The molecular weight excluding hydrogens is 369 g/mol. The van der Waals surface area contributed by atoms with Crippen LogP contribution in [0.25, 0.3) is 0 Å². The third-order valence-corrected chi connectivity index (χ3v) is 5.48. The van der Waals surface area contributed by atoms with Gasteiger partial charge in [0.05, 0.1) is 12.1 Å². The van der Waals surface area contributed by atoms with Gasteiger partial charge in [0.25, 0.3) is 0 Å². The van der Waals surface area contributed by atoms with Crippen LogP contribution in [-0.4, -0.2) is 44.8 Å². The molecule has 1 aromatic heterocycles. The molecule has 0 radical (unpaired) electrons. The highest BCUT2D eigenvalue weighted by Gasteiger charge is 2.33. The van der Waals surface area contributed by atoms with Crippen LogP contribution in [-0.2, 0) is 11.2 Å². The number of nitrogens with one attached hydrogen (secondary N) is 1. The van der Waals surface area contributed by atoms with Crippen LogP contribution < -0.4 is 5.32 Å². The highest BCUT2D eigenvalue weighted by molar-refractivity contribution is 6.43. The van der Waals surface area contributed by atoms with Gasteiger partial charge >= 0.3 is 7.12 Å². The fourth-order valence-corrected chi connectivity index (χ4v) is 3.57. The molecule has 8 heteroatoms. The first-order valence-electron chi connectivity index (χ1n) is 10.0. The summed E-state index contributed by atoms with van der Waals surface area (Å²) in [5, 5.41) is 22.2. The maximum atomic E-state index is 13.0. The van der Waals surface area contributed by atoms with Crippen molar-refractivity contribution in [3.05, 3.63) is 60.2 Å². The van der Waals surface area contributed by atoms with Crippen LogP contribution in [0.2, 0.25) is 0 Å². The quantitative estimate of drug-likeness (QED) is 0.416. The average Bonchev–Trinajstić information content (AvgIpc) is 2.70. The number of rotatable bonds is 10. The van der Waals surface area contributed by atoms with E-state index >= 15 is 0 Å². The molecule has 3 rings (SSSR count). The monoisotopic (exact) mass is 395 g/mol. The molecular formula is C21H26BN3O4. The van der Waals surface area contributed by atoms with Crippen molar-refractivity contribution < 1.29 is 19.6 Å². The zero-order chi connectivity index (χ0) is 20.6. The van der Waals surface area contributed by atoms with Gasteiger partial charge in [0.15, 0.2) is 5.78 Å². The van der Waals surface area contributed by atoms with Gasteiger partial charge in [-0.3, -0.25) is 14.6 Å². The fraction of sp³-hybridized carbons (Fsp3) is 0.429. The van der Waals surface area contributed by atoms with Crippen molar-refractivity contribution in [3.8, 4) is 0 Å². The molecule has 1 heterocycles. The summed E-state index contributed by atoms with van der Waals surface area (Å²) < 4.78 is 0. The first-order valence-corrected chi connectivity index (χ1v) is 10.0. The van der Waals surface area contributed by atoms with Gasteiger partial charge < -0.3 is 15.4 Å². The standard InChI is InChI=1S/C21H26BN3O4/c26-19(18-14-23-9-10-24-18)13-17(11-15-5-2-1-3-6-15)21(27)25-20(22(28)29)12-16-7-4-8-16/h1-3,5-6,9-10,14,16-17,20,28-29H,4,7-8,11-13H2,(H,25,27)/t17-,20+/m1/s1. The molecule has 152 valence electrons. The van der Waals surface area contributed by atoms with Gasteiger partial charge in [0, 0.05) is 24.7 Å². The first-order chi connectivity index (χ1) is 14.0. The molecule has 0 aliphatic heterocycles. The van der Waals surface area contributed by atoms with Gasteiger partial charge in [-0.1, -0.05) is 49.6 Å². The maximum Gasteiger partial charge on any atom is 0.475 e. The lowest BCUT2D eigenvalue weighted by Gasteiger charge is -2.30. The minimum absolute atomic E-state index is 0.0307. The van der Waals surface area contributed by atoms with Crippen molar-refractivity contribution >= 4 is 18.8 Å². The molecule has 3 N–H and O–H groups in total. The lowest BCUT2D eigenvalue weighted by atomic mass is 9.69. The van der Waals surface area contributed by atoms with Crippen molar-refractivity contribution in [2.45, 2.75) is 44.5 Å². The van der Waals surface area contributed by atoms with Gasteiger partial charge in [0.2, 0.25) is 5.91 Å². The number of nitrogens with zero attached hydrogens (tertiary/aromatic N) is 2. The minimum Gasteiger partial charge on any atom is -0.426 e. The normalized spacial score (nSPS) is 15.8. The number of benzene rings is 1. The highest BCUT2D eigenvalue weighted by atomic mass is 16.4. The number of aromatic nitrogens is 2. The molecule has 1 aliphatic carbocycles. The van der Waals surface area contributed by atoms with Crippen LogP contribution in [0.15, 0.2) is 48.9 Å². The largest absolute Gasteiger partial charge is 0.475 e. The summed E-state index contributed by atoms with van der Waals surface area (Å²) in [6.07, 6.45) is 8.39. The number of ketones is 1. The average molecular weight is 395 g/mol. The molecule has 1 aromatic carbocycles. The van der Waals surface area contributed by atoms with Crippen molar-refractivity contribution in [1.82, 2.24) is 15.3 Å². The van der Waals surface area contributed by atoms with Crippen LogP contribution in [0.4, 0.5) is 0 Å². The Hall–Kier alpha value is -2.58. The van der Waals surface area contributed by atoms with Crippen LogP contribution in [0.5, 0.6) is 0 Å². The fourth-order valence-electron chi connectivity index (χ4n) is 3.57. The topological polar surface area (TPSA) is 112 Å². The van der Waals surface area contributed by atoms with Crippen molar-refractivity contribution in [3.63, 3.8) is 0 Å². The van der Waals surface area contributed by atoms with E-state index in [-0.39, 0.29) is 23.8 Å². The molecule has 0 unspecified atom stereocenters. The number of carbonyl (C=O) groups is 2. The summed E-state index contributed by atoms with van der Waals surface area (Å²) in [6, 6.07) is 9.46. The smallest absolute Gasteiger partial charge is 0.426 e. The Morgan fingerprint density at radius 3 is 2.52 bits per heavy atom. The summed E-state index contributed by atoms with van der Waals surface area (Å²) in [4.78, 5) is 33.6. The van der Waals surface area contributed by atoms with E-state index in [1.807, 2.05) is 30.3 Å². The summed E-state index contributed by atoms with van der Waals surface area (Å²) in [5.74, 6) is -1.61. The molecule has 2 atom stereocenters. The number of Topliss-reactive ketones (excluding diaryl/α,β-unsaturated/α-hetero) is 1. The molecule has 2 aromatic rings. The summed E-state index contributed by atoms with van der Waals surface area (Å²) in [6.45, 7) is 0. The van der Waals surface area contributed by atoms with E-state index in [9.17, 15) is 19.6 Å². The Morgan fingerprint density at radius 2 is 1.93 bits per heavy atom. The molecule has 1 amide bonds. The Bertz CT molecular complexity index is 800. The van der Waals surface area contributed by atoms with Gasteiger partial charge in [-0.25, -0.2) is 4.98 Å². The van der Waals surface area contributed by atoms with Crippen molar-refractivity contribution in [2.75, 3.05) is 0 Å². The number of hydrogen-bond donors (Lipinski definition) is 3. The van der Waals surface area contributed by atoms with Crippen LogP contribution >= 0.6 is 0 Å². The Labute approximate surface area is 170 Å². The second-order valence-electron chi connectivity index (χ2n) is 7.67. The summed E-state index contributed by atoms with van der Waals surface area (Å²) in [7, 11) is -1.63. The SMILES string of the molecule is O=C(C[C@@H](Cc1ccccc1)C(=O)N[C@@H](CC1CCC1)B(O)O)c1cnccn1. The van der Waals surface area contributed by atoms with Crippen molar-refractivity contribution in [1.29, 1.82) is 0 Å². The lowest BCUT2D eigenvalue weighted by Crippen LogP contribution is -2.50. The third-order valence-electron chi connectivity index (χ3n) is 5.48. The molecule has 1 saturated carbocycles. The van der Waals surface area contributed by atoms with Crippen LogP contribution in [0.3, 0.4) is 0 Å². The van der Waals surface area contributed by atoms with Gasteiger partial charge in [-0.05, 0) is 24.3 Å². The van der Waals surface area contributed by atoms with E-state index in [1.54, 1.807) is 0 Å². The predicted octanol–water partition coefficient (Wildman–Crippen LogP) is 1.60. The van der Waals surface area contributed by atoms with E-state index < -0.39 is 19.0 Å². The third kappa shape index (κ3) is 6.20. The first kappa shape index (κ1) is 21.1. The van der Waals surface area contributed by atoms with E-state index in [1.165, 1.54) is 18.6 Å². The molecule has 1 fully saturated rings. The summed E-state index contributed by atoms with van der Waals surface area (Å²) >= 11 is 0. The molecule has 7 nitrogen and oxygen atoms in total. The minimum atomic E-state index is -1.63.